The van der Waals surface area contributed by atoms with E-state index in [4.69, 9.17) is 5.73 Å². The van der Waals surface area contributed by atoms with Gasteiger partial charge in [0.2, 0.25) is 5.95 Å². The SMILES string of the molecule is CCn1nc(C)c2nc(N)n(C3CCCC(C)C3)c21. The molecule has 104 valence electrons. The maximum absolute atomic E-state index is 6.18. The molecule has 2 aromatic rings. The molecule has 1 aliphatic carbocycles. The van der Waals surface area contributed by atoms with Crippen LogP contribution in [-0.2, 0) is 6.54 Å². The summed E-state index contributed by atoms with van der Waals surface area (Å²) < 4.78 is 4.27. The maximum atomic E-state index is 6.18. The van der Waals surface area contributed by atoms with Crippen LogP contribution in [0.5, 0.6) is 0 Å². The summed E-state index contributed by atoms with van der Waals surface area (Å²) in [4.78, 5) is 4.54. The van der Waals surface area contributed by atoms with Crippen LogP contribution in [0.15, 0.2) is 0 Å². The fourth-order valence-electron chi connectivity index (χ4n) is 3.42. The number of hydrogen-bond acceptors (Lipinski definition) is 3. The number of nitrogens with two attached hydrogens (primary N) is 1. The predicted octanol–water partition coefficient (Wildman–Crippen LogP) is 2.89. The Balaban J connectivity index is 2.13. The fourth-order valence-corrected chi connectivity index (χ4v) is 3.42. The third-order valence-electron chi connectivity index (χ3n) is 4.34. The largest absolute Gasteiger partial charge is 0.369 e. The molecule has 2 atom stereocenters. The molecule has 0 radical (unpaired) electrons. The first kappa shape index (κ1) is 12.5. The van der Waals surface area contributed by atoms with E-state index < -0.39 is 0 Å². The molecular formula is C14H23N5. The van der Waals surface area contributed by atoms with Gasteiger partial charge in [-0.3, -0.25) is 4.57 Å². The smallest absolute Gasteiger partial charge is 0.202 e. The van der Waals surface area contributed by atoms with Gasteiger partial charge < -0.3 is 5.73 Å². The van der Waals surface area contributed by atoms with E-state index in [0.29, 0.717) is 12.0 Å². The average molecular weight is 261 g/mol. The average Bonchev–Trinajstić information content (AvgIpc) is 2.86. The Morgan fingerprint density at radius 1 is 1.37 bits per heavy atom. The zero-order chi connectivity index (χ0) is 13.6. The van der Waals surface area contributed by atoms with Crippen molar-refractivity contribution in [1.29, 1.82) is 0 Å². The molecule has 0 aliphatic heterocycles. The van der Waals surface area contributed by atoms with Crippen molar-refractivity contribution in [3.8, 4) is 0 Å². The number of rotatable bonds is 2. The third-order valence-corrected chi connectivity index (χ3v) is 4.34. The lowest BCUT2D eigenvalue weighted by Crippen LogP contribution is -2.20. The van der Waals surface area contributed by atoms with Crippen LogP contribution >= 0.6 is 0 Å². The lowest BCUT2D eigenvalue weighted by molar-refractivity contribution is 0.287. The number of aromatic nitrogens is 4. The Kier molecular flexibility index (Phi) is 2.99. The first-order valence-electron chi connectivity index (χ1n) is 7.32. The molecule has 0 saturated heterocycles. The molecule has 3 rings (SSSR count). The predicted molar refractivity (Wildman–Crippen MR) is 77.0 cm³/mol. The van der Waals surface area contributed by atoms with Crippen molar-refractivity contribution < 1.29 is 0 Å². The van der Waals surface area contributed by atoms with Gasteiger partial charge in [-0.25, -0.2) is 9.67 Å². The Morgan fingerprint density at radius 3 is 2.84 bits per heavy atom. The summed E-state index contributed by atoms with van der Waals surface area (Å²) in [7, 11) is 0. The van der Waals surface area contributed by atoms with Gasteiger partial charge in [0.05, 0.1) is 5.69 Å². The second-order valence-electron chi connectivity index (χ2n) is 5.84. The van der Waals surface area contributed by atoms with E-state index in [1.807, 2.05) is 11.6 Å². The molecule has 0 amide bonds. The van der Waals surface area contributed by atoms with Crippen LogP contribution in [0.2, 0.25) is 0 Å². The van der Waals surface area contributed by atoms with E-state index in [9.17, 15) is 0 Å². The summed E-state index contributed by atoms with van der Waals surface area (Å²) in [6.07, 6.45) is 5.02. The van der Waals surface area contributed by atoms with Gasteiger partial charge in [0.15, 0.2) is 5.65 Å². The van der Waals surface area contributed by atoms with E-state index in [2.05, 4.69) is 28.5 Å². The number of anilines is 1. The number of hydrogen-bond donors (Lipinski definition) is 1. The monoisotopic (exact) mass is 261 g/mol. The highest BCUT2D eigenvalue weighted by molar-refractivity contribution is 5.77. The van der Waals surface area contributed by atoms with Gasteiger partial charge in [0, 0.05) is 12.6 Å². The van der Waals surface area contributed by atoms with Crippen LogP contribution in [-0.4, -0.2) is 19.3 Å². The molecule has 2 heterocycles. The van der Waals surface area contributed by atoms with Gasteiger partial charge in [0.25, 0.3) is 0 Å². The van der Waals surface area contributed by atoms with E-state index in [1.54, 1.807) is 0 Å². The highest BCUT2D eigenvalue weighted by Gasteiger charge is 2.26. The second-order valence-corrected chi connectivity index (χ2v) is 5.84. The maximum Gasteiger partial charge on any atom is 0.202 e. The zero-order valence-electron chi connectivity index (χ0n) is 12.1. The second kappa shape index (κ2) is 4.54. The normalized spacial score (nSPS) is 24.2. The number of imidazole rings is 1. The lowest BCUT2D eigenvalue weighted by Gasteiger charge is -2.28. The standard InChI is InChI=1S/C14H23N5/c1-4-18-13-12(10(3)17-18)16-14(15)19(13)11-7-5-6-9(2)8-11/h9,11H,4-8H2,1-3H3,(H2,15,16). The van der Waals surface area contributed by atoms with Crippen molar-refractivity contribution in [1.82, 2.24) is 19.3 Å². The third kappa shape index (κ3) is 1.91. The molecule has 1 saturated carbocycles. The van der Waals surface area contributed by atoms with Crippen LogP contribution < -0.4 is 5.73 Å². The van der Waals surface area contributed by atoms with Crippen molar-refractivity contribution in [2.24, 2.45) is 5.92 Å². The van der Waals surface area contributed by atoms with Gasteiger partial charge >= 0.3 is 0 Å². The minimum absolute atomic E-state index is 0.482. The topological polar surface area (TPSA) is 61.7 Å². The van der Waals surface area contributed by atoms with Gasteiger partial charge in [-0.15, -0.1) is 0 Å². The van der Waals surface area contributed by atoms with E-state index >= 15 is 0 Å². The number of nitrogen functional groups attached to an aromatic ring is 1. The minimum Gasteiger partial charge on any atom is -0.369 e. The van der Waals surface area contributed by atoms with Crippen molar-refractivity contribution in [2.75, 3.05) is 5.73 Å². The minimum atomic E-state index is 0.482. The highest BCUT2D eigenvalue weighted by Crippen LogP contribution is 2.36. The first-order chi connectivity index (χ1) is 9.11. The van der Waals surface area contributed by atoms with Crippen molar-refractivity contribution >= 4 is 17.1 Å². The molecule has 19 heavy (non-hydrogen) atoms. The van der Waals surface area contributed by atoms with Crippen LogP contribution in [0.4, 0.5) is 5.95 Å². The summed E-state index contributed by atoms with van der Waals surface area (Å²) >= 11 is 0. The summed E-state index contributed by atoms with van der Waals surface area (Å²) in [6.45, 7) is 7.31. The summed E-state index contributed by atoms with van der Waals surface area (Å²) in [5.74, 6) is 1.42. The van der Waals surface area contributed by atoms with E-state index in [1.165, 1.54) is 25.7 Å². The molecule has 2 aromatic heterocycles. The van der Waals surface area contributed by atoms with Gasteiger partial charge in [-0.1, -0.05) is 19.8 Å². The van der Waals surface area contributed by atoms with Gasteiger partial charge in [-0.2, -0.15) is 5.10 Å². The fraction of sp³-hybridized carbons (Fsp3) is 0.714. The molecule has 5 nitrogen and oxygen atoms in total. The molecule has 5 heteroatoms. The molecule has 1 aliphatic rings. The Bertz CT molecular complexity index is 595. The Hall–Kier alpha value is -1.52. The molecule has 0 spiro atoms. The van der Waals surface area contributed by atoms with Crippen LogP contribution in [0.3, 0.4) is 0 Å². The summed E-state index contributed by atoms with van der Waals surface area (Å²) in [6, 6.07) is 0.482. The van der Waals surface area contributed by atoms with Gasteiger partial charge in [-0.05, 0) is 32.6 Å². The zero-order valence-corrected chi connectivity index (χ0v) is 12.1. The van der Waals surface area contributed by atoms with Crippen molar-refractivity contribution in [3.63, 3.8) is 0 Å². The summed E-state index contributed by atoms with van der Waals surface area (Å²) in [5, 5.41) is 4.56. The van der Waals surface area contributed by atoms with Crippen molar-refractivity contribution in [2.45, 2.75) is 59.0 Å². The number of fused-ring (bicyclic) bond motifs is 1. The molecule has 2 unspecified atom stereocenters. The Morgan fingerprint density at radius 2 is 2.16 bits per heavy atom. The molecule has 0 bridgehead atoms. The van der Waals surface area contributed by atoms with Crippen LogP contribution in [0.1, 0.15) is 51.3 Å². The molecule has 2 N–H and O–H groups in total. The number of nitrogens with zero attached hydrogens (tertiary/aromatic N) is 4. The molecule has 1 fully saturated rings. The lowest BCUT2D eigenvalue weighted by atomic mass is 9.87. The summed E-state index contributed by atoms with van der Waals surface area (Å²) in [5.41, 5.74) is 9.23. The first-order valence-corrected chi connectivity index (χ1v) is 7.32. The van der Waals surface area contributed by atoms with E-state index in [0.717, 1.165) is 29.3 Å². The molecular weight excluding hydrogens is 238 g/mol. The molecule has 0 aromatic carbocycles. The van der Waals surface area contributed by atoms with Crippen LogP contribution in [0, 0.1) is 12.8 Å². The quantitative estimate of drug-likeness (QED) is 0.904. The number of aryl methyl sites for hydroxylation is 2. The Labute approximate surface area is 113 Å². The van der Waals surface area contributed by atoms with Crippen LogP contribution in [0.25, 0.3) is 11.2 Å². The van der Waals surface area contributed by atoms with Gasteiger partial charge in [0.1, 0.15) is 5.52 Å². The van der Waals surface area contributed by atoms with E-state index in [-0.39, 0.29) is 0 Å². The highest BCUT2D eigenvalue weighted by atomic mass is 15.4. The van der Waals surface area contributed by atoms with Crippen molar-refractivity contribution in [3.05, 3.63) is 5.69 Å².